The topological polar surface area (TPSA) is 191 Å². The molecule has 0 radical (unpaired) electrons. The number of nitrogens with one attached hydrogen (secondary N) is 4. The first-order chi connectivity index (χ1) is 33.3. The first-order valence-electron chi connectivity index (χ1n) is 23.2. The number of piperazine rings is 1. The Morgan fingerprint density at radius 3 is 2.13 bits per heavy atom. The third-order valence-corrected chi connectivity index (χ3v) is 13.5. The van der Waals surface area contributed by atoms with Crippen molar-refractivity contribution in [3.63, 3.8) is 0 Å². The fourth-order valence-electron chi connectivity index (χ4n) is 9.27. The molecule has 1 saturated carbocycles. The van der Waals surface area contributed by atoms with Gasteiger partial charge in [-0.15, -0.1) is 0 Å². The number of amides is 5. The van der Waals surface area contributed by atoms with Gasteiger partial charge in [-0.1, -0.05) is 0 Å². The minimum atomic E-state index is -1.20. The molecule has 1 aliphatic carbocycles. The highest BCUT2D eigenvalue weighted by Crippen LogP contribution is 2.47. The Bertz CT molecular complexity index is 2740. The van der Waals surface area contributed by atoms with Crippen molar-refractivity contribution in [1.29, 1.82) is 0 Å². The van der Waals surface area contributed by atoms with Crippen molar-refractivity contribution in [1.82, 2.24) is 25.1 Å². The second-order valence-corrected chi connectivity index (χ2v) is 18.1. The van der Waals surface area contributed by atoms with E-state index in [-0.39, 0.29) is 24.8 Å². The lowest BCUT2D eigenvalue weighted by Gasteiger charge is -2.39. The highest BCUT2D eigenvalue weighted by atomic mass is 19.1. The van der Waals surface area contributed by atoms with Crippen molar-refractivity contribution >= 4 is 69.0 Å². The number of nitrogens with zero attached hydrogens (tertiary/aromatic N) is 6. The number of hydrogen-bond donors (Lipinski definition) is 4. The van der Waals surface area contributed by atoms with E-state index in [1.54, 1.807) is 72.7 Å². The second kappa shape index (κ2) is 20.1. The summed E-state index contributed by atoms with van der Waals surface area (Å²) in [6.07, 6.45) is 4.91. The Hall–Kier alpha value is -7.25. The maximum Gasteiger partial charge on any atom is 0.249 e. The number of carbonyl (C=O) groups excluding carboxylic acids is 5. The van der Waals surface area contributed by atoms with E-state index in [0.717, 1.165) is 45.6 Å². The van der Waals surface area contributed by atoms with Crippen molar-refractivity contribution in [2.75, 3.05) is 92.3 Å². The summed E-state index contributed by atoms with van der Waals surface area (Å²) in [6.45, 7) is 5.63. The molecule has 19 heteroatoms. The molecule has 5 heterocycles. The van der Waals surface area contributed by atoms with Crippen LogP contribution in [0, 0.1) is 23.1 Å². The van der Waals surface area contributed by atoms with Gasteiger partial charge in [-0.3, -0.25) is 44.1 Å². The number of likely N-dealkylation sites (tertiary alicyclic amines) is 1. The summed E-state index contributed by atoms with van der Waals surface area (Å²) >= 11 is 0. The summed E-state index contributed by atoms with van der Waals surface area (Å²) in [5.41, 5.74) is 1.20. The van der Waals surface area contributed by atoms with Gasteiger partial charge >= 0.3 is 0 Å². The summed E-state index contributed by atoms with van der Waals surface area (Å²) < 4.78 is 40.6. The van der Waals surface area contributed by atoms with Crippen molar-refractivity contribution in [2.45, 2.75) is 44.6 Å². The Balaban J connectivity index is 0.724. The van der Waals surface area contributed by atoms with Crippen LogP contribution >= 0.6 is 0 Å². The zero-order valence-corrected chi connectivity index (χ0v) is 38.4. The van der Waals surface area contributed by atoms with Crippen LogP contribution in [0.3, 0.4) is 0 Å². The Morgan fingerprint density at radius 1 is 0.812 bits per heavy atom. The predicted octanol–water partition coefficient (Wildman–Crippen LogP) is 5.78. The predicted molar refractivity (Wildman–Crippen MR) is 255 cm³/mol. The van der Waals surface area contributed by atoms with Crippen LogP contribution in [0.15, 0.2) is 85.1 Å². The molecule has 9 rings (SSSR count). The van der Waals surface area contributed by atoms with Gasteiger partial charge in [0, 0.05) is 69.2 Å². The van der Waals surface area contributed by atoms with Crippen molar-refractivity contribution in [3.8, 4) is 17.2 Å². The van der Waals surface area contributed by atoms with Gasteiger partial charge < -0.3 is 35.2 Å². The molecule has 0 spiro atoms. The number of piperidine rings is 2. The smallest absolute Gasteiger partial charge is 0.249 e. The summed E-state index contributed by atoms with van der Waals surface area (Å²) in [7, 11) is 3.21. The number of anilines is 5. The molecule has 2 aromatic heterocycles. The molecule has 360 valence electrons. The number of halogens is 2. The number of pyridine rings is 2. The average Bonchev–Trinajstić information content (AvgIpc) is 4.16. The first kappa shape index (κ1) is 46.8. The van der Waals surface area contributed by atoms with E-state index in [0.29, 0.717) is 95.0 Å². The minimum absolute atomic E-state index is 0.166. The second-order valence-electron chi connectivity index (χ2n) is 18.1. The number of hydrogen-bond acceptors (Lipinski definition) is 13. The third kappa shape index (κ3) is 10.7. The van der Waals surface area contributed by atoms with Gasteiger partial charge in [0.25, 0.3) is 0 Å². The molecule has 3 saturated heterocycles. The molecule has 0 bridgehead atoms. The number of aromatic nitrogens is 2. The van der Waals surface area contributed by atoms with Gasteiger partial charge in [-0.2, -0.15) is 4.39 Å². The number of ether oxygens (including phenoxy) is 2. The quantitative estimate of drug-likeness (QED) is 0.0562. The van der Waals surface area contributed by atoms with E-state index < -0.39 is 40.9 Å². The number of carbonyl (C=O) groups is 5. The molecule has 3 aromatic carbocycles. The highest BCUT2D eigenvalue weighted by Gasteiger charge is 2.56. The number of methoxy groups -OCH3 is 1. The minimum Gasteiger partial charge on any atom is -0.495 e. The van der Waals surface area contributed by atoms with Crippen LogP contribution in [0.4, 0.5) is 37.3 Å². The zero-order valence-electron chi connectivity index (χ0n) is 38.4. The molecule has 5 amide bonds. The molecular formula is C50H54F2N10O7. The van der Waals surface area contributed by atoms with E-state index in [4.69, 9.17) is 9.47 Å². The largest absolute Gasteiger partial charge is 0.495 e. The van der Waals surface area contributed by atoms with Gasteiger partial charge in [0.1, 0.15) is 40.3 Å². The molecule has 3 aliphatic heterocycles. The fourth-order valence-corrected chi connectivity index (χ4v) is 9.27. The summed E-state index contributed by atoms with van der Waals surface area (Å²) in [5.74, 6) is -0.486. The van der Waals surface area contributed by atoms with Gasteiger partial charge in [-0.05, 0) is 130 Å². The van der Waals surface area contributed by atoms with Crippen LogP contribution in [0.25, 0.3) is 10.9 Å². The highest BCUT2D eigenvalue weighted by molar-refractivity contribution is 6.17. The van der Waals surface area contributed by atoms with Gasteiger partial charge in [0.2, 0.25) is 35.5 Å². The van der Waals surface area contributed by atoms with Crippen LogP contribution in [-0.2, 0) is 24.0 Å². The van der Waals surface area contributed by atoms with Gasteiger partial charge in [0.15, 0.2) is 0 Å². The number of imide groups is 1. The maximum absolute atomic E-state index is 15.3. The number of benzene rings is 3. The van der Waals surface area contributed by atoms with Crippen LogP contribution < -0.4 is 40.5 Å². The van der Waals surface area contributed by atoms with Crippen LogP contribution in [0.2, 0.25) is 0 Å². The molecule has 1 unspecified atom stereocenters. The van der Waals surface area contributed by atoms with E-state index in [1.165, 1.54) is 31.4 Å². The van der Waals surface area contributed by atoms with Crippen LogP contribution in [0.5, 0.6) is 17.2 Å². The summed E-state index contributed by atoms with van der Waals surface area (Å²) in [6, 6.07) is 20.3. The lowest BCUT2D eigenvalue weighted by atomic mass is 9.96. The SMILES string of the molecule is COc1cc2c(Oc3ccc(NC(=O)C4(C(=O)Nc5ccc(F)cc5)CC4)cc3)ccnc2cc1NC(=O)CN1CCC(CN2CCN(c3ccc(N(C)C4CCC(=O)NC4=O)nc3F)CC2)CC1. The normalized spacial score (nSPS) is 18.6. The van der Waals surface area contributed by atoms with Crippen LogP contribution in [0.1, 0.15) is 38.5 Å². The molecule has 5 aromatic rings. The Kier molecular flexibility index (Phi) is 13.7. The molecule has 4 aliphatic rings. The number of fused-ring (bicyclic) bond motifs is 1. The Labute approximate surface area is 397 Å². The standard InChI is InChI=1S/C50H54F2N10O7/c1-59(40-12-14-44(63)58-47(40)65)43-13-11-39(46(52)57-43)62-25-23-61(24-26-62)29-31-16-21-60(22-17-31)30-45(64)56-38-28-37-36(27-42(38)68-2)41(15-20-53-37)69-35-9-7-34(8-10-35)55-49(67)50(18-19-50)48(66)54-33-5-3-32(51)4-6-33/h3-11,13,15,20,27-28,31,40H,12,14,16-19,21-26,29-30H2,1-2H3,(H,54,66)(H,55,67)(H,56,64)(H,58,63,65). The third-order valence-electron chi connectivity index (χ3n) is 13.5. The number of rotatable bonds is 15. The summed E-state index contributed by atoms with van der Waals surface area (Å²) in [4.78, 5) is 80.4. The average molecular weight is 945 g/mol. The monoisotopic (exact) mass is 944 g/mol. The molecule has 69 heavy (non-hydrogen) atoms. The van der Waals surface area contributed by atoms with Crippen molar-refractivity contribution in [3.05, 3.63) is 96.8 Å². The molecule has 17 nitrogen and oxygen atoms in total. The molecule has 1 atom stereocenters. The number of likely N-dealkylation sites (N-methyl/N-ethyl adjacent to an activating group) is 1. The molecule has 4 fully saturated rings. The molecule has 4 N–H and O–H groups in total. The fraction of sp³-hybridized carbons (Fsp3) is 0.380. The van der Waals surface area contributed by atoms with E-state index >= 15 is 4.39 Å². The first-order valence-corrected chi connectivity index (χ1v) is 23.2. The lowest BCUT2D eigenvalue weighted by Crippen LogP contribution is -2.51. The maximum atomic E-state index is 15.3. The van der Waals surface area contributed by atoms with E-state index in [9.17, 15) is 28.4 Å². The van der Waals surface area contributed by atoms with Crippen molar-refractivity contribution in [2.24, 2.45) is 11.3 Å². The lowest BCUT2D eigenvalue weighted by molar-refractivity contribution is -0.134. The summed E-state index contributed by atoms with van der Waals surface area (Å²) in [5, 5.41) is 11.6. The van der Waals surface area contributed by atoms with Crippen LogP contribution in [-0.4, -0.2) is 122 Å². The van der Waals surface area contributed by atoms with E-state index in [1.807, 2.05) is 4.90 Å². The molecular weight excluding hydrogens is 891 g/mol. The van der Waals surface area contributed by atoms with Crippen molar-refractivity contribution < 1.29 is 42.2 Å². The zero-order chi connectivity index (χ0) is 48.2. The van der Waals surface area contributed by atoms with Gasteiger partial charge in [-0.25, -0.2) is 9.37 Å². The Morgan fingerprint density at radius 2 is 1.49 bits per heavy atom. The van der Waals surface area contributed by atoms with E-state index in [2.05, 4.69) is 41.0 Å². The van der Waals surface area contributed by atoms with Gasteiger partial charge in [0.05, 0.1) is 30.5 Å².